The number of methoxy groups -OCH3 is 2. The first kappa shape index (κ1) is 20.5. The standard InChI is InChI=1S/C23H26N2O4/c1-4-15-24-23(27)20-13-14-21(26)25(17-7-11-19(29-3)12-8-17)22(20)16-5-9-18(28-2)10-6-16/h4-12,20,22H,1,13-15H2,2-3H3,(H,24,27). The lowest BCUT2D eigenvalue weighted by atomic mass is 9.83. The number of rotatable bonds is 7. The second-order valence-electron chi connectivity index (χ2n) is 6.86. The molecule has 1 fully saturated rings. The number of carbonyl (C=O) groups excluding carboxylic acids is 2. The summed E-state index contributed by atoms with van der Waals surface area (Å²) in [6.45, 7) is 4.05. The van der Waals surface area contributed by atoms with Crippen molar-refractivity contribution in [2.45, 2.75) is 18.9 Å². The Hall–Kier alpha value is -3.28. The van der Waals surface area contributed by atoms with Crippen LogP contribution >= 0.6 is 0 Å². The molecule has 1 aliphatic rings. The van der Waals surface area contributed by atoms with Crippen molar-refractivity contribution in [1.82, 2.24) is 5.32 Å². The van der Waals surface area contributed by atoms with Gasteiger partial charge in [-0.1, -0.05) is 18.2 Å². The van der Waals surface area contributed by atoms with Crippen LogP contribution in [0.5, 0.6) is 11.5 Å². The Labute approximate surface area is 171 Å². The van der Waals surface area contributed by atoms with Gasteiger partial charge in [0, 0.05) is 18.7 Å². The van der Waals surface area contributed by atoms with Crippen molar-refractivity contribution in [1.29, 1.82) is 0 Å². The van der Waals surface area contributed by atoms with Crippen LogP contribution < -0.4 is 19.7 Å². The number of carbonyl (C=O) groups is 2. The molecule has 29 heavy (non-hydrogen) atoms. The molecule has 3 rings (SSSR count). The molecule has 0 aliphatic carbocycles. The van der Waals surface area contributed by atoms with Crippen LogP contribution in [0.25, 0.3) is 0 Å². The first-order valence-corrected chi connectivity index (χ1v) is 9.57. The summed E-state index contributed by atoms with van der Waals surface area (Å²) in [5.41, 5.74) is 1.62. The molecule has 0 spiro atoms. The fraction of sp³-hybridized carbons (Fsp3) is 0.304. The third kappa shape index (κ3) is 4.42. The summed E-state index contributed by atoms with van der Waals surface area (Å²) in [6.07, 6.45) is 2.45. The number of piperidine rings is 1. The van der Waals surface area contributed by atoms with E-state index < -0.39 is 6.04 Å². The molecule has 0 aromatic heterocycles. The second-order valence-corrected chi connectivity index (χ2v) is 6.86. The molecule has 6 heteroatoms. The smallest absolute Gasteiger partial charge is 0.227 e. The molecular weight excluding hydrogens is 368 g/mol. The fourth-order valence-electron chi connectivity index (χ4n) is 3.70. The molecular formula is C23H26N2O4. The Morgan fingerprint density at radius 1 is 1.10 bits per heavy atom. The van der Waals surface area contributed by atoms with E-state index in [2.05, 4.69) is 11.9 Å². The molecule has 2 aromatic carbocycles. The molecule has 0 saturated carbocycles. The summed E-state index contributed by atoms with van der Waals surface area (Å²) in [4.78, 5) is 27.6. The van der Waals surface area contributed by atoms with Gasteiger partial charge in [-0.2, -0.15) is 0 Å². The van der Waals surface area contributed by atoms with Gasteiger partial charge in [-0.05, 0) is 48.4 Å². The predicted molar refractivity (Wildman–Crippen MR) is 112 cm³/mol. The molecule has 1 heterocycles. The maximum atomic E-state index is 13.0. The first-order valence-electron chi connectivity index (χ1n) is 9.57. The van der Waals surface area contributed by atoms with Crippen molar-refractivity contribution in [2.75, 3.05) is 25.7 Å². The van der Waals surface area contributed by atoms with Crippen molar-refractivity contribution in [3.63, 3.8) is 0 Å². The Morgan fingerprint density at radius 3 is 2.24 bits per heavy atom. The van der Waals surface area contributed by atoms with Crippen molar-refractivity contribution in [2.24, 2.45) is 5.92 Å². The van der Waals surface area contributed by atoms with E-state index in [0.29, 0.717) is 25.1 Å². The van der Waals surface area contributed by atoms with E-state index in [9.17, 15) is 9.59 Å². The van der Waals surface area contributed by atoms with Gasteiger partial charge in [-0.25, -0.2) is 0 Å². The predicted octanol–water partition coefficient (Wildman–Crippen LogP) is 3.49. The number of hydrogen-bond donors (Lipinski definition) is 1. The van der Waals surface area contributed by atoms with Gasteiger partial charge in [0.15, 0.2) is 0 Å². The second kappa shape index (κ2) is 9.28. The Kier molecular flexibility index (Phi) is 6.54. The van der Waals surface area contributed by atoms with E-state index in [1.807, 2.05) is 48.5 Å². The van der Waals surface area contributed by atoms with E-state index in [4.69, 9.17) is 9.47 Å². The number of benzene rings is 2. The maximum absolute atomic E-state index is 13.0. The lowest BCUT2D eigenvalue weighted by Crippen LogP contribution is -2.48. The summed E-state index contributed by atoms with van der Waals surface area (Å²) in [5, 5.41) is 2.89. The third-order valence-electron chi connectivity index (χ3n) is 5.16. The van der Waals surface area contributed by atoms with Crippen LogP contribution in [0.1, 0.15) is 24.4 Å². The number of nitrogens with zero attached hydrogens (tertiary/aromatic N) is 1. The molecule has 2 aromatic rings. The molecule has 2 unspecified atom stereocenters. The van der Waals surface area contributed by atoms with Gasteiger partial charge in [0.1, 0.15) is 11.5 Å². The minimum Gasteiger partial charge on any atom is -0.497 e. The lowest BCUT2D eigenvalue weighted by molar-refractivity contribution is -0.129. The highest BCUT2D eigenvalue weighted by molar-refractivity contribution is 5.97. The summed E-state index contributed by atoms with van der Waals surface area (Å²) >= 11 is 0. The molecule has 1 aliphatic heterocycles. The van der Waals surface area contributed by atoms with Gasteiger partial charge >= 0.3 is 0 Å². The zero-order valence-electron chi connectivity index (χ0n) is 16.8. The van der Waals surface area contributed by atoms with E-state index in [0.717, 1.165) is 17.0 Å². The molecule has 0 radical (unpaired) electrons. The summed E-state index contributed by atoms with van der Waals surface area (Å²) in [5.74, 6) is 0.961. The molecule has 1 N–H and O–H groups in total. The monoisotopic (exact) mass is 394 g/mol. The first-order chi connectivity index (χ1) is 14.1. The van der Waals surface area contributed by atoms with Gasteiger partial charge in [0.25, 0.3) is 0 Å². The molecule has 152 valence electrons. The van der Waals surface area contributed by atoms with Crippen LogP contribution in [0.3, 0.4) is 0 Å². The van der Waals surface area contributed by atoms with Crippen molar-refractivity contribution in [3.05, 3.63) is 66.7 Å². The van der Waals surface area contributed by atoms with Crippen LogP contribution in [0, 0.1) is 5.92 Å². The SMILES string of the molecule is C=CCNC(=O)C1CCC(=O)N(c2ccc(OC)cc2)C1c1ccc(OC)cc1. The van der Waals surface area contributed by atoms with Crippen LogP contribution in [-0.2, 0) is 9.59 Å². The average molecular weight is 394 g/mol. The maximum Gasteiger partial charge on any atom is 0.227 e. The Bertz CT molecular complexity index is 861. The minimum absolute atomic E-state index is 0.0104. The number of ether oxygens (including phenoxy) is 2. The van der Waals surface area contributed by atoms with E-state index in [1.165, 1.54) is 0 Å². The summed E-state index contributed by atoms with van der Waals surface area (Å²) in [7, 11) is 3.20. The minimum atomic E-state index is -0.416. The van der Waals surface area contributed by atoms with E-state index >= 15 is 0 Å². The normalized spacial score (nSPS) is 18.8. The van der Waals surface area contributed by atoms with Crippen LogP contribution in [0.15, 0.2) is 61.2 Å². The van der Waals surface area contributed by atoms with Crippen molar-refractivity contribution in [3.8, 4) is 11.5 Å². The fourth-order valence-corrected chi connectivity index (χ4v) is 3.70. The van der Waals surface area contributed by atoms with Gasteiger partial charge in [0.05, 0.1) is 26.2 Å². The van der Waals surface area contributed by atoms with E-state index in [-0.39, 0.29) is 17.7 Å². The van der Waals surface area contributed by atoms with Crippen LogP contribution in [-0.4, -0.2) is 32.6 Å². The topological polar surface area (TPSA) is 67.9 Å². The molecule has 2 atom stereocenters. The number of nitrogens with one attached hydrogen (secondary N) is 1. The third-order valence-corrected chi connectivity index (χ3v) is 5.16. The highest BCUT2D eigenvalue weighted by Gasteiger charge is 2.41. The number of amides is 2. The van der Waals surface area contributed by atoms with Crippen molar-refractivity contribution >= 4 is 17.5 Å². The quantitative estimate of drug-likeness (QED) is 0.730. The van der Waals surface area contributed by atoms with E-state index in [1.54, 1.807) is 25.2 Å². The highest BCUT2D eigenvalue weighted by atomic mass is 16.5. The Morgan fingerprint density at radius 2 is 1.69 bits per heavy atom. The highest BCUT2D eigenvalue weighted by Crippen LogP contribution is 2.40. The van der Waals surface area contributed by atoms with Gasteiger partial charge in [0.2, 0.25) is 11.8 Å². The summed E-state index contributed by atoms with van der Waals surface area (Å²) in [6, 6.07) is 14.4. The molecule has 1 saturated heterocycles. The zero-order chi connectivity index (χ0) is 20.8. The van der Waals surface area contributed by atoms with Crippen molar-refractivity contribution < 1.29 is 19.1 Å². The average Bonchev–Trinajstić information content (AvgIpc) is 2.77. The van der Waals surface area contributed by atoms with Gasteiger partial charge < -0.3 is 19.7 Å². The zero-order valence-corrected chi connectivity index (χ0v) is 16.8. The van der Waals surface area contributed by atoms with Gasteiger partial charge in [-0.15, -0.1) is 6.58 Å². The molecule has 0 bridgehead atoms. The number of hydrogen-bond acceptors (Lipinski definition) is 4. The number of anilines is 1. The Balaban J connectivity index is 2.03. The van der Waals surface area contributed by atoms with Crippen LogP contribution in [0.2, 0.25) is 0 Å². The lowest BCUT2D eigenvalue weighted by Gasteiger charge is -2.41. The van der Waals surface area contributed by atoms with Crippen LogP contribution in [0.4, 0.5) is 5.69 Å². The largest absolute Gasteiger partial charge is 0.497 e. The summed E-state index contributed by atoms with van der Waals surface area (Å²) < 4.78 is 10.5. The molecule has 2 amide bonds. The van der Waals surface area contributed by atoms with Gasteiger partial charge in [-0.3, -0.25) is 9.59 Å². The molecule has 6 nitrogen and oxygen atoms in total.